The Balaban J connectivity index is 1.74. The first-order chi connectivity index (χ1) is 13.7. The van der Waals surface area contributed by atoms with Crippen molar-refractivity contribution in [1.82, 2.24) is 0 Å². The second kappa shape index (κ2) is 13.4. The Labute approximate surface area is 171 Å². The summed E-state index contributed by atoms with van der Waals surface area (Å²) in [7, 11) is 0. The first-order valence-electron chi connectivity index (χ1n) is 11.3. The summed E-state index contributed by atoms with van der Waals surface area (Å²) in [6.07, 6.45) is 18.1. The molecule has 0 unspecified atom stereocenters. The second-order valence-electron chi connectivity index (χ2n) is 8.10. The smallest absolute Gasteiger partial charge is 0.142 e. The number of rotatable bonds is 10. The van der Waals surface area contributed by atoms with E-state index in [4.69, 9.17) is 4.74 Å². The fourth-order valence-electron chi connectivity index (χ4n) is 3.89. The Morgan fingerprint density at radius 1 is 1.04 bits per heavy atom. The number of allylic oxidation sites excluding steroid dienone is 2. The first kappa shape index (κ1) is 22.5. The Bertz CT molecular complexity index is 644. The molecule has 0 aliphatic heterocycles. The van der Waals surface area contributed by atoms with Gasteiger partial charge in [-0.25, -0.2) is 4.39 Å². The van der Waals surface area contributed by atoms with Crippen LogP contribution in [0.3, 0.4) is 0 Å². The van der Waals surface area contributed by atoms with Crippen molar-refractivity contribution in [2.45, 2.75) is 84.5 Å². The quantitative estimate of drug-likeness (QED) is 0.297. The number of benzene rings is 1. The summed E-state index contributed by atoms with van der Waals surface area (Å²) < 4.78 is 19.8. The zero-order chi connectivity index (χ0) is 20.0. The van der Waals surface area contributed by atoms with E-state index in [0.29, 0.717) is 23.8 Å². The van der Waals surface area contributed by atoms with Crippen LogP contribution in [-0.2, 0) is 0 Å². The molecule has 0 atom stereocenters. The maximum Gasteiger partial charge on any atom is 0.142 e. The van der Waals surface area contributed by atoms with Crippen LogP contribution in [0.2, 0.25) is 0 Å². The molecule has 1 aromatic carbocycles. The van der Waals surface area contributed by atoms with Gasteiger partial charge in [0.05, 0.1) is 12.2 Å². The van der Waals surface area contributed by atoms with E-state index >= 15 is 0 Å². The van der Waals surface area contributed by atoms with Crippen molar-refractivity contribution >= 4 is 0 Å². The molecule has 1 aliphatic carbocycles. The van der Waals surface area contributed by atoms with E-state index in [1.807, 2.05) is 12.1 Å². The summed E-state index contributed by atoms with van der Waals surface area (Å²) in [6, 6.07) is 4.97. The fraction of sp³-hybridized carbons (Fsp3) is 0.615. The van der Waals surface area contributed by atoms with Gasteiger partial charge in [0.25, 0.3) is 0 Å². The molecule has 1 aliphatic rings. The van der Waals surface area contributed by atoms with Crippen LogP contribution in [-0.4, -0.2) is 6.61 Å². The van der Waals surface area contributed by atoms with Gasteiger partial charge in [0.15, 0.2) is 0 Å². The number of hydrogen-bond acceptors (Lipinski definition) is 1. The summed E-state index contributed by atoms with van der Waals surface area (Å²) >= 11 is 0. The molecule has 2 heteroatoms. The lowest BCUT2D eigenvalue weighted by molar-refractivity contribution is 0.289. The van der Waals surface area contributed by atoms with E-state index in [9.17, 15) is 4.39 Å². The van der Waals surface area contributed by atoms with Gasteiger partial charge < -0.3 is 4.74 Å². The van der Waals surface area contributed by atoms with E-state index in [0.717, 1.165) is 25.2 Å². The molecule has 0 saturated heterocycles. The average molecular weight is 385 g/mol. The zero-order valence-corrected chi connectivity index (χ0v) is 17.8. The standard InChI is InChI=1S/C26H37FO/c1-3-5-7-11-22-14-16-23(17-15-22)12-8-9-13-24-18-19-25(21-26(24)27)28-20-10-6-4-2/h8,12,18-19,21-23H,3-7,10-11,14-17,20H2,1-2H3/t22-,23-. The van der Waals surface area contributed by atoms with Crippen molar-refractivity contribution in [2.24, 2.45) is 11.8 Å². The van der Waals surface area contributed by atoms with Gasteiger partial charge in [0, 0.05) is 6.07 Å². The molecule has 28 heavy (non-hydrogen) atoms. The molecule has 0 radical (unpaired) electrons. The van der Waals surface area contributed by atoms with Crippen molar-refractivity contribution in [1.29, 1.82) is 0 Å². The van der Waals surface area contributed by atoms with Crippen molar-refractivity contribution in [2.75, 3.05) is 6.61 Å². The highest BCUT2D eigenvalue weighted by atomic mass is 19.1. The number of ether oxygens (including phenoxy) is 1. The average Bonchev–Trinajstić information content (AvgIpc) is 2.71. The Hall–Kier alpha value is -1.75. The van der Waals surface area contributed by atoms with Gasteiger partial charge in [-0.15, -0.1) is 0 Å². The maximum atomic E-state index is 14.2. The number of unbranched alkanes of at least 4 members (excludes halogenated alkanes) is 4. The van der Waals surface area contributed by atoms with Crippen LogP contribution in [0, 0.1) is 29.5 Å². The molecule has 1 saturated carbocycles. The third-order valence-corrected chi connectivity index (χ3v) is 5.72. The van der Waals surface area contributed by atoms with Crippen molar-refractivity contribution in [3.63, 3.8) is 0 Å². The third-order valence-electron chi connectivity index (χ3n) is 5.72. The molecule has 0 heterocycles. The molecule has 0 bridgehead atoms. The van der Waals surface area contributed by atoms with Crippen LogP contribution in [0.25, 0.3) is 0 Å². The van der Waals surface area contributed by atoms with Gasteiger partial charge in [-0.1, -0.05) is 70.3 Å². The molecule has 0 aromatic heterocycles. The zero-order valence-electron chi connectivity index (χ0n) is 17.8. The van der Waals surface area contributed by atoms with Crippen LogP contribution in [0.1, 0.15) is 90.0 Å². The molecule has 1 fully saturated rings. The minimum absolute atomic E-state index is 0.304. The molecule has 0 amide bonds. The lowest BCUT2D eigenvalue weighted by atomic mass is 9.79. The highest BCUT2D eigenvalue weighted by Crippen LogP contribution is 2.32. The third kappa shape index (κ3) is 8.51. The Kier molecular flexibility index (Phi) is 10.8. The van der Waals surface area contributed by atoms with E-state index in [1.165, 1.54) is 57.4 Å². The molecular formula is C26H37FO. The molecule has 0 N–H and O–H groups in total. The monoisotopic (exact) mass is 384 g/mol. The van der Waals surface area contributed by atoms with Gasteiger partial charge in [0.1, 0.15) is 11.6 Å². The minimum atomic E-state index is -0.304. The van der Waals surface area contributed by atoms with Crippen LogP contribution < -0.4 is 4.74 Å². The largest absolute Gasteiger partial charge is 0.493 e. The highest BCUT2D eigenvalue weighted by Gasteiger charge is 2.18. The molecule has 1 nitrogen and oxygen atoms in total. The van der Waals surface area contributed by atoms with Crippen molar-refractivity contribution < 1.29 is 9.13 Å². The normalized spacial score (nSPS) is 19.4. The van der Waals surface area contributed by atoms with Crippen molar-refractivity contribution in [3.05, 3.63) is 41.7 Å². The second-order valence-corrected chi connectivity index (χ2v) is 8.10. The Morgan fingerprint density at radius 3 is 2.50 bits per heavy atom. The highest BCUT2D eigenvalue weighted by molar-refractivity contribution is 5.41. The maximum absolute atomic E-state index is 14.2. The summed E-state index contributed by atoms with van der Waals surface area (Å²) in [5, 5.41) is 0. The predicted molar refractivity (Wildman–Crippen MR) is 117 cm³/mol. The van der Waals surface area contributed by atoms with Gasteiger partial charge in [0.2, 0.25) is 0 Å². The minimum Gasteiger partial charge on any atom is -0.493 e. The Morgan fingerprint density at radius 2 is 1.79 bits per heavy atom. The van der Waals surface area contributed by atoms with Gasteiger partial charge in [-0.05, 0) is 62.1 Å². The summed E-state index contributed by atoms with van der Waals surface area (Å²) in [5.74, 6) is 7.80. The number of hydrogen-bond donors (Lipinski definition) is 0. The predicted octanol–water partition coefficient (Wildman–Crippen LogP) is 7.69. The molecule has 154 valence electrons. The van der Waals surface area contributed by atoms with E-state index in [1.54, 1.807) is 6.07 Å². The van der Waals surface area contributed by atoms with Gasteiger partial charge >= 0.3 is 0 Å². The molecular weight excluding hydrogens is 347 g/mol. The lowest BCUT2D eigenvalue weighted by Gasteiger charge is -2.26. The SMILES string of the molecule is CCCCCOc1ccc(C#CC=C[C@H]2CC[C@H](CCCCC)CC2)c(F)c1. The van der Waals surface area contributed by atoms with Crippen LogP contribution in [0.5, 0.6) is 5.75 Å². The molecule has 0 spiro atoms. The lowest BCUT2D eigenvalue weighted by Crippen LogP contribution is -2.12. The summed E-state index contributed by atoms with van der Waals surface area (Å²) in [5.41, 5.74) is 0.435. The van der Waals surface area contributed by atoms with Gasteiger partial charge in [-0.2, -0.15) is 0 Å². The van der Waals surface area contributed by atoms with E-state index < -0.39 is 0 Å². The molecule has 2 rings (SSSR count). The van der Waals surface area contributed by atoms with Crippen LogP contribution in [0.15, 0.2) is 30.4 Å². The fourth-order valence-corrected chi connectivity index (χ4v) is 3.89. The summed E-state index contributed by atoms with van der Waals surface area (Å²) in [4.78, 5) is 0. The molecule has 1 aromatic rings. The van der Waals surface area contributed by atoms with Crippen LogP contribution >= 0.6 is 0 Å². The topological polar surface area (TPSA) is 9.23 Å². The number of halogens is 1. The van der Waals surface area contributed by atoms with Crippen LogP contribution in [0.4, 0.5) is 4.39 Å². The van der Waals surface area contributed by atoms with Gasteiger partial charge in [-0.3, -0.25) is 0 Å². The first-order valence-corrected chi connectivity index (χ1v) is 11.3. The van der Waals surface area contributed by atoms with Crippen molar-refractivity contribution in [3.8, 4) is 17.6 Å². The summed E-state index contributed by atoms with van der Waals surface area (Å²) in [6.45, 7) is 5.06. The van der Waals surface area contributed by atoms with E-state index in [2.05, 4.69) is 31.8 Å². The van der Waals surface area contributed by atoms with E-state index in [-0.39, 0.29) is 5.82 Å².